The van der Waals surface area contributed by atoms with Crippen LogP contribution >= 0.6 is 23.2 Å². The van der Waals surface area contributed by atoms with Gasteiger partial charge in [-0.2, -0.15) is 0 Å². The topological polar surface area (TPSA) is 63.2 Å². The highest BCUT2D eigenvalue weighted by Crippen LogP contribution is 2.23. The zero-order valence-electron chi connectivity index (χ0n) is 12.6. The van der Waals surface area contributed by atoms with Crippen LogP contribution in [-0.4, -0.2) is 19.6 Å². The van der Waals surface area contributed by atoms with Gasteiger partial charge in [-0.1, -0.05) is 29.3 Å². The first-order valence-electron chi connectivity index (χ1n) is 6.91. The molecule has 0 heterocycles. The summed E-state index contributed by atoms with van der Waals surface area (Å²) in [4.78, 5) is 12.2. The largest absolute Gasteiger partial charge is 0.325 e. The third-order valence-corrected chi connectivity index (χ3v) is 6.02. The predicted molar refractivity (Wildman–Crippen MR) is 93.6 cm³/mol. The summed E-state index contributed by atoms with van der Waals surface area (Å²) in [5.41, 5.74) is 0.265. The van der Waals surface area contributed by atoms with Crippen molar-refractivity contribution >= 4 is 44.6 Å². The van der Waals surface area contributed by atoms with E-state index in [4.69, 9.17) is 23.2 Å². The maximum atomic E-state index is 13.8. The van der Waals surface area contributed by atoms with Crippen LogP contribution in [0.5, 0.6) is 0 Å². The van der Waals surface area contributed by atoms with Crippen LogP contribution in [0.3, 0.4) is 0 Å². The first kappa shape index (κ1) is 18.7. The number of sulfone groups is 1. The number of hydrogen-bond acceptors (Lipinski definition) is 3. The number of rotatable bonds is 5. The smallest absolute Gasteiger partial charge is 0.242 e. The fraction of sp³-hybridized carbons (Fsp3) is 0.188. The Morgan fingerprint density at radius 1 is 1.17 bits per heavy atom. The molecule has 2 aromatic rings. The molecular formula is C16H14Cl2FNO3S. The lowest BCUT2D eigenvalue weighted by Gasteiger charge is -2.14. The molecule has 2 aromatic carbocycles. The average molecular weight is 390 g/mol. The van der Waals surface area contributed by atoms with Crippen molar-refractivity contribution in [3.05, 3.63) is 63.9 Å². The first-order chi connectivity index (χ1) is 11.2. The van der Waals surface area contributed by atoms with E-state index >= 15 is 0 Å². The van der Waals surface area contributed by atoms with E-state index < -0.39 is 32.6 Å². The zero-order chi connectivity index (χ0) is 17.9. The van der Waals surface area contributed by atoms with Crippen LogP contribution < -0.4 is 5.32 Å². The molecule has 0 aliphatic rings. The lowest BCUT2D eigenvalue weighted by molar-refractivity contribution is -0.115. The Bertz CT molecular complexity index is 834. The standard InChI is InChI=1S/C16H14Cl2FNO3S/c1-10(16(21)20-12-7-5-11(17)6-8-12)24(22,23)9-13-14(18)3-2-4-15(13)19/h2-8,10H,9H2,1H3,(H,20,21)/t10-/m1/s1. The van der Waals surface area contributed by atoms with Gasteiger partial charge in [0.25, 0.3) is 0 Å². The van der Waals surface area contributed by atoms with Gasteiger partial charge in [0.15, 0.2) is 9.84 Å². The van der Waals surface area contributed by atoms with Crippen LogP contribution in [0, 0.1) is 5.82 Å². The Labute approximate surface area is 149 Å². The third-order valence-electron chi connectivity index (χ3n) is 3.43. The summed E-state index contributed by atoms with van der Waals surface area (Å²) in [6.45, 7) is 1.25. The Morgan fingerprint density at radius 3 is 2.38 bits per heavy atom. The number of carbonyl (C=O) groups excluding carboxylic acids is 1. The summed E-state index contributed by atoms with van der Waals surface area (Å²) in [6, 6.07) is 10.1. The molecule has 128 valence electrons. The van der Waals surface area contributed by atoms with Crippen molar-refractivity contribution in [1.29, 1.82) is 0 Å². The number of amides is 1. The van der Waals surface area contributed by atoms with Gasteiger partial charge >= 0.3 is 0 Å². The molecule has 1 N–H and O–H groups in total. The number of hydrogen-bond donors (Lipinski definition) is 1. The van der Waals surface area contributed by atoms with E-state index in [1.807, 2.05) is 0 Å². The number of carbonyl (C=O) groups is 1. The maximum absolute atomic E-state index is 13.8. The van der Waals surface area contributed by atoms with E-state index in [0.29, 0.717) is 10.7 Å². The van der Waals surface area contributed by atoms with Gasteiger partial charge in [0.2, 0.25) is 5.91 Å². The Hall–Kier alpha value is -1.63. The molecule has 0 saturated heterocycles. The summed E-state index contributed by atoms with van der Waals surface area (Å²) < 4.78 is 38.5. The van der Waals surface area contributed by atoms with E-state index in [1.165, 1.54) is 19.1 Å². The Balaban J connectivity index is 2.16. The van der Waals surface area contributed by atoms with Crippen LogP contribution in [0.2, 0.25) is 10.0 Å². The number of halogens is 3. The van der Waals surface area contributed by atoms with E-state index in [0.717, 1.165) is 6.07 Å². The van der Waals surface area contributed by atoms with Crippen molar-refractivity contribution in [3.8, 4) is 0 Å². The second kappa shape index (κ2) is 7.51. The molecule has 1 amide bonds. The molecule has 4 nitrogen and oxygen atoms in total. The summed E-state index contributed by atoms with van der Waals surface area (Å²) >= 11 is 11.6. The van der Waals surface area contributed by atoms with Crippen molar-refractivity contribution in [1.82, 2.24) is 0 Å². The molecule has 0 radical (unpaired) electrons. The minimum absolute atomic E-state index is 0.00360. The highest BCUT2D eigenvalue weighted by atomic mass is 35.5. The minimum Gasteiger partial charge on any atom is -0.325 e. The molecular weight excluding hydrogens is 376 g/mol. The molecule has 8 heteroatoms. The SMILES string of the molecule is C[C@H](C(=O)Nc1ccc(Cl)cc1)S(=O)(=O)Cc1c(F)cccc1Cl. The normalized spacial score (nSPS) is 12.7. The zero-order valence-corrected chi connectivity index (χ0v) is 14.9. The van der Waals surface area contributed by atoms with Crippen LogP contribution in [0.4, 0.5) is 10.1 Å². The predicted octanol–water partition coefficient (Wildman–Crippen LogP) is 4.07. The lowest BCUT2D eigenvalue weighted by Crippen LogP contribution is -2.33. The fourth-order valence-corrected chi connectivity index (χ4v) is 3.70. The van der Waals surface area contributed by atoms with Gasteiger partial charge < -0.3 is 5.32 Å². The Morgan fingerprint density at radius 2 is 1.79 bits per heavy atom. The van der Waals surface area contributed by atoms with Gasteiger partial charge in [-0.15, -0.1) is 0 Å². The lowest BCUT2D eigenvalue weighted by atomic mass is 10.2. The van der Waals surface area contributed by atoms with E-state index in [-0.39, 0.29) is 10.6 Å². The van der Waals surface area contributed by atoms with E-state index in [2.05, 4.69) is 5.32 Å². The highest BCUT2D eigenvalue weighted by molar-refractivity contribution is 7.92. The fourth-order valence-electron chi connectivity index (χ4n) is 1.94. The molecule has 0 aromatic heterocycles. The van der Waals surface area contributed by atoms with Gasteiger partial charge in [-0.25, -0.2) is 12.8 Å². The summed E-state index contributed by atoms with van der Waals surface area (Å²) in [6.07, 6.45) is 0. The summed E-state index contributed by atoms with van der Waals surface area (Å²) in [7, 11) is -3.95. The molecule has 0 aliphatic carbocycles. The van der Waals surface area contributed by atoms with Crippen molar-refractivity contribution in [3.63, 3.8) is 0 Å². The molecule has 0 saturated carbocycles. The maximum Gasteiger partial charge on any atom is 0.242 e. The van der Waals surface area contributed by atoms with Gasteiger partial charge in [0, 0.05) is 21.3 Å². The molecule has 0 fully saturated rings. The summed E-state index contributed by atoms with van der Waals surface area (Å²) in [5, 5.41) is 1.61. The molecule has 0 spiro atoms. The number of benzene rings is 2. The molecule has 0 unspecified atom stereocenters. The van der Waals surface area contributed by atoms with Crippen molar-refractivity contribution in [2.24, 2.45) is 0 Å². The Kier molecular flexibility index (Phi) is 5.85. The van der Waals surface area contributed by atoms with Crippen molar-refractivity contribution in [2.45, 2.75) is 17.9 Å². The monoisotopic (exact) mass is 389 g/mol. The number of nitrogens with one attached hydrogen (secondary N) is 1. The van der Waals surface area contributed by atoms with Gasteiger partial charge in [-0.3, -0.25) is 4.79 Å². The second-order valence-electron chi connectivity index (χ2n) is 5.15. The van der Waals surface area contributed by atoms with Crippen LogP contribution in [0.1, 0.15) is 12.5 Å². The van der Waals surface area contributed by atoms with Crippen LogP contribution in [0.25, 0.3) is 0 Å². The third kappa shape index (κ3) is 4.47. The van der Waals surface area contributed by atoms with E-state index in [9.17, 15) is 17.6 Å². The molecule has 2 rings (SSSR count). The van der Waals surface area contributed by atoms with Crippen molar-refractivity contribution < 1.29 is 17.6 Å². The molecule has 0 aliphatic heterocycles. The van der Waals surface area contributed by atoms with Crippen molar-refractivity contribution in [2.75, 3.05) is 5.32 Å². The second-order valence-corrected chi connectivity index (χ2v) is 8.31. The van der Waals surface area contributed by atoms with Gasteiger partial charge in [-0.05, 0) is 43.3 Å². The molecule has 24 heavy (non-hydrogen) atoms. The first-order valence-corrected chi connectivity index (χ1v) is 9.39. The molecule has 1 atom stereocenters. The van der Waals surface area contributed by atoms with Crippen LogP contribution in [0.15, 0.2) is 42.5 Å². The van der Waals surface area contributed by atoms with E-state index in [1.54, 1.807) is 24.3 Å². The number of anilines is 1. The average Bonchev–Trinajstić information content (AvgIpc) is 2.52. The van der Waals surface area contributed by atoms with Gasteiger partial charge in [0.1, 0.15) is 11.1 Å². The van der Waals surface area contributed by atoms with Crippen LogP contribution in [-0.2, 0) is 20.4 Å². The minimum atomic E-state index is -3.95. The summed E-state index contributed by atoms with van der Waals surface area (Å²) in [5.74, 6) is -2.10. The quantitative estimate of drug-likeness (QED) is 0.837. The highest BCUT2D eigenvalue weighted by Gasteiger charge is 2.30. The molecule has 0 bridgehead atoms. The van der Waals surface area contributed by atoms with Gasteiger partial charge in [0.05, 0.1) is 5.75 Å².